The zero-order chi connectivity index (χ0) is 22.3. The van der Waals surface area contributed by atoms with Gasteiger partial charge in [0, 0.05) is 24.0 Å². The van der Waals surface area contributed by atoms with Gasteiger partial charge in [0.1, 0.15) is 27.2 Å². The Morgan fingerprint density at radius 3 is 2.61 bits per heavy atom. The van der Waals surface area contributed by atoms with Gasteiger partial charge in [-0.05, 0) is 35.8 Å². The van der Waals surface area contributed by atoms with Crippen LogP contribution in [0.25, 0.3) is 21.3 Å². The zero-order valence-electron chi connectivity index (χ0n) is 18.1. The van der Waals surface area contributed by atoms with Crippen LogP contribution in [0.2, 0.25) is 0 Å². The molecule has 1 aliphatic heterocycles. The van der Waals surface area contributed by atoms with Crippen LogP contribution in [0.3, 0.4) is 0 Å². The number of fused-ring (bicyclic) bond motifs is 1. The van der Waals surface area contributed by atoms with E-state index in [0.717, 1.165) is 31.5 Å². The van der Waals surface area contributed by atoms with Gasteiger partial charge >= 0.3 is 0 Å². The highest BCUT2D eigenvalue weighted by Gasteiger charge is 2.28. The van der Waals surface area contributed by atoms with Gasteiger partial charge in [-0.25, -0.2) is 4.98 Å². The predicted molar refractivity (Wildman–Crippen MR) is 127 cm³/mol. The molecular formula is C24H27N5OS. The van der Waals surface area contributed by atoms with Gasteiger partial charge in [-0.2, -0.15) is 5.26 Å². The van der Waals surface area contributed by atoms with Crippen molar-refractivity contribution in [1.82, 2.24) is 9.88 Å². The van der Waals surface area contributed by atoms with E-state index in [2.05, 4.69) is 31.8 Å². The van der Waals surface area contributed by atoms with Crippen molar-refractivity contribution in [3.8, 4) is 17.2 Å². The SMILES string of the molecule is CC1CCCN(C(=O)c2sc3nc(N)c(C#N)c(-c4ccc(C(C)C)cc4)c3c2N)C1. The fraction of sp³-hybridized carbons (Fsp3) is 0.375. The number of likely N-dealkylation sites (tertiary alicyclic amines) is 1. The van der Waals surface area contributed by atoms with Crippen molar-refractivity contribution in [3.63, 3.8) is 0 Å². The third-order valence-corrected chi connectivity index (χ3v) is 7.11. The normalized spacial score (nSPS) is 16.6. The topological polar surface area (TPSA) is 109 Å². The summed E-state index contributed by atoms with van der Waals surface area (Å²) in [5.41, 5.74) is 16.1. The molecule has 3 heterocycles. The van der Waals surface area contributed by atoms with E-state index in [1.165, 1.54) is 16.9 Å². The van der Waals surface area contributed by atoms with Crippen LogP contribution >= 0.6 is 11.3 Å². The number of amides is 1. The summed E-state index contributed by atoms with van der Waals surface area (Å²) in [4.78, 5) is 20.6. The zero-order valence-corrected chi connectivity index (χ0v) is 18.9. The quantitative estimate of drug-likeness (QED) is 0.604. The Kier molecular flexibility index (Phi) is 5.59. The van der Waals surface area contributed by atoms with E-state index in [9.17, 15) is 10.1 Å². The van der Waals surface area contributed by atoms with Crippen LogP contribution in [0, 0.1) is 17.2 Å². The van der Waals surface area contributed by atoms with E-state index in [-0.39, 0.29) is 11.7 Å². The summed E-state index contributed by atoms with van der Waals surface area (Å²) in [6.07, 6.45) is 2.13. The van der Waals surface area contributed by atoms with Crippen molar-refractivity contribution in [2.75, 3.05) is 24.6 Å². The third-order valence-electron chi connectivity index (χ3n) is 6.02. The lowest BCUT2D eigenvalue weighted by atomic mass is 9.94. The first-order valence-corrected chi connectivity index (χ1v) is 11.4. The first kappa shape index (κ1) is 21.1. The Hall–Kier alpha value is -3.11. The molecule has 1 amide bonds. The maximum absolute atomic E-state index is 13.3. The Morgan fingerprint density at radius 2 is 2.00 bits per heavy atom. The minimum Gasteiger partial charge on any atom is -0.397 e. The molecule has 1 unspecified atom stereocenters. The van der Waals surface area contributed by atoms with E-state index in [0.29, 0.717) is 43.7 Å². The van der Waals surface area contributed by atoms with E-state index in [1.54, 1.807) is 0 Å². The minimum atomic E-state index is -0.0646. The standard InChI is InChI=1S/C24H27N5OS/c1-13(2)15-6-8-16(9-7-15)18-17(11-25)22(27)28-23-19(18)20(26)21(31-23)24(30)29-10-4-5-14(3)12-29/h6-9,13-14H,4-5,10,12,26H2,1-3H3,(H2,27,28). The van der Waals surface area contributed by atoms with Crippen molar-refractivity contribution in [2.24, 2.45) is 5.92 Å². The molecule has 1 atom stereocenters. The molecule has 1 fully saturated rings. The second-order valence-corrected chi connectivity index (χ2v) is 9.66. The van der Waals surface area contributed by atoms with Crippen molar-refractivity contribution >= 4 is 39.0 Å². The monoisotopic (exact) mass is 433 g/mol. The highest BCUT2D eigenvalue weighted by Crippen LogP contribution is 2.43. The van der Waals surface area contributed by atoms with E-state index in [4.69, 9.17) is 11.5 Å². The molecule has 3 aromatic rings. The van der Waals surface area contributed by atoms with Crippen LogP contribution in [-0.2, 0) is 0 Å². The van der Waals surface area contributed by atoms with Crippen molar-refractivity contribution < 1.29 is 4.79 Å². The summed E-state index contributed by atoms with van der Waals surface area (Å²) in [6, 6.07) is 10.3. The number of hydrogen-bond donors (Lipinski definition) is 2. The second-order valence-electron chi connectivity index (χ2n) is 8.66. The van der Waals surface area contributed by atoms with E-state index < -0.39 is 0 Å². The molecule has 0 saturated carbocycles. The Bertz CT molecular complexity index is 1190. The number of hydrogen-bond acceptors (Lipinski definition) is 6. The highest BCUT2D eigenvalue weighted by atomic mass is 32.1. The van der Waals surface area contributed by atoms with Crippen LogP contribution in [0.4, 0.5) is 11.5 Å². The van der Waals surface area contributed by atoms with Crippen LogP contribution < -0.4 is 11.5 Å². The van der Waals surface area contributed by atoms with Gasteiger partial charge in [-0.15, -0.1) is 11.3 Å². The molecule has 0 bridgehead atoms. The Balaban J connectivity index is 1.89. The maximum atomic E-state index is 13.3. The molecular weight excluding hydrogens is 406 g/mol. The number of pyridine rings is 1. The number of aromatic nitrogens is 1. The van der Waals surface area contributed by atoms with Gasteiger partial charge in [0.25, 0.3) is 5.91 Å². The van der Waals surface area contributed by atoms with Crippen LogP contribution in [0.1, 0.15) is 60.3 Å². The molecule has 160 valence electrons. The number of nitriles is 1. The first-order chi connectivity index (χ1) is 14.8. The summed E-state index contributed by atoms with van der Waals surface area (Å²) in [7, 11) is 0. The molecule has 6 nitrogen and oxygen atoms in total. The summed E-state index contributed by atoms with van der Waals surface area (Å²) >= 11 is 1.26. The van der Waals surface area contributed by atoms with Gasteiger partial charge in [-0.1, -0.05) is 45.0 Å². The molecule has 1 saturated heterocycles. The molecule has 0 radical (unpaired) electrons. The molecule has 0 spiro atoms. The van der Waals surface area contributed by atoms with E-state index in [1.807, 2.05) is 29.2 Å². The molecule has 4 N–H and O–H groups in total. The number of carbonyl (C=O) groups excluding carboxylic acids is 1. The third kappa shape index (κ3) is 3.72. The molecule has 1 aliphatic rings. The van der Waals surface area contributed by atoms with Gasteiger partial charge in [-0.3, -0.25) is 4.79 Å². The number of thiophene rings is 1. The van der Waals surface area contributed by atoms with Gasteiger partial charge in [0.2, 0.25) is 0 Å². The second kappa shape index (κ2) is 8.20. The average Bonchev–Trinajstić information content (AvgIpc) is 3.08. The van der Waals surface area contributed by atoms with Gasteiger partial charge in [0.05, 0.1) is 5.69 Å². The number of benzene rings is 1. The van der Waals surface area contributed by atoms with Crippen LogP contribution in [-0.4, -0.2) is 28.9 Å². The Labute approximate surface area is 186 Å². The molecule has 4 rings (SSSR count). The molecule has 1 aromatic carbocycles. The van der Waals surface area contributed by atoms with Crippen LogP contribution in [0.15, 0.2) is 24.3 Å². The maximum Gasteiger partial charge on any atom is 0.266 e. The lowest BCUT2D eigenvalue weighted by Gasteiger charge is -2.30. The van der Waals surface area contributed by atoms with Crippen molar-refractivity contribution in [1.29, 1.82) is 5.26 Å². The van der Waals surface area contributed by atoms with Gasteiger partial charge < -0.3 is 16.4 Å². The lowest BCUT2D eigenvalue weighted by molar-refractivity contribution is 0.0689. The largest absolute Gasteiger partial charge is 0.397 e. The Morgan fingerprint density at radius 1 is 1.29 bits per heavy atom. The summed E-state index contributed by atoms with van der Waals surface area (Å²) < 4.78 is 0. The summed E-state index contributed by atoms with van der Waals surface area (Å²) in [6.45, 7) is 7.89. The predicted octanol–water partition coefficient (Wildman–Crippen LogP) is 4.99. The number of nitrogens with zero attached hydrogens (tertiary/aromatic N) is 3. The number of rotatable bonds is 3. The molecule has 7 heteroatoms. The lowest BCUT2D eigenvalue weighted by Crippen LogP contribution is -2.39. The number of nitrogen functional groups attached to an aromatic ring is 2. The highest BCUT2D eigenvalue weighted by molar-refractivity contribution is 7.21. The summed E-state index contributed by atoms with van der Waals surface area (Å²) in [5.74, 6) is 0.965. The molecule has 31 heavy (non-hydrogen) atoms. The summed E-state index contributed by atoms with van der Waals surface area (Å²) in [5, 5.41) is 10.5. The average molecular weight is 434 g/mol. The minimum absolute atomic E-state index is 0.0646. The van der Waals surface area contributed by atoms with Gasteiger partial charge in [0.15, 0.2) is 0 Å². The number of nitrogens with two attached hydrogens (primary N) is 2. The van der Waals surface area contributed by atoms with Crippen LogP contribution in [0.5, 0.6) is 0 Å². The fourth-order valence-corrected chi connectivity index (χ4v) is 5.36. The first-order valence-electron chi connectivity index (χ1n) is 10.6. The number of anilines is 2. The number of piperidine rings is 1. The molecule has 0 aliphatic carbocycles. The molecule has 2 aromatic heterocycles. The number of carbonyl (C=O) groups is 1. The smallest absolute Gasteiger partial charge is 0.266 e. The fourth-order valence-electron chi connectivity index (χ4n) is 4.28. The van der Waals surface area contributed by atoms with E-state index >= 15 is 0 Å². The van der Waals surface area contributed by atoms with Crippen molar-refractivity contribution in [3.05, 3.63) is 40.3 Å². The van der Waals surface area contributed by atoms with Crippen molar-refractivity contribution in [2.45, 2.75) is 39.5 Å².